The highest BCUT2D eigenvalue weighted by molar-refractivity contribution is 6.32. The Kier molecular flexibility index (Phi) is 5.46. The van der Waals surface area contributed by atoms with Crippen LogP contribution in [-0.4, -0.2) is 29.2 Å². The molecule has 0 saturated heterocycles. The molecule has 0 atom stereocenters. The first-order valence-corrected chi connectivity index (χ1v) is 8.62. The zero-order valence-electron chi connectivity index (χ0n) is 14.6. The molecule has 8 heteroatoms. The molecule has 0 radical (unpaired) electrons. The molecule has 2 heterocycles. The number of fused-ring (bicyclic) bond motifs is 1. The van der Waals surface area contributed by atoms with Crippen LogP contribution in [0.15, 0.2) is 16.9 Å². The molecule has 0 saturated carbocycles. The van der Waals surface area contributed by atoms with Crippen molar-refractivity contribution in [2.24, 2.45) is 0 Å². The lowest BCUT2D eigenvalue weighted by Gasteiger charge is -2.20. The number of nitrogens with zero attached hydrogens (tertiary/aromatic N) is 1. The third kappa shape index (κ3) is 4.16. The van der Waals surface area contributed by atoms with Gasteiger partial charge in [0.2, 0.25) is 0 Å². The normalized spacial score (nSPS) is 12.7. The molecule has 1 aromatic heterocycles. The maximum absolute atomic E-state index is 12.0. The SMILES string of the molecule is Cc1nc(C)c(CCC(=O)OCc2cc(Cl)c3c(c2)OCCO3)c(=O)[nH]1. The number of aromatic nitrogens is 2. The van der Waals surface area contributed by atoms with E-state index in [1.165, 1.54) is 0 Å². The number of H-pyrrole nitrogens is 1. The lowest BCUT2D eigenvalue weighted by molar-refractivity contribution is -0.144. The van der Waals surface area contributed by atoms with Crippen molar-refractivity contribution in [1.82, 2.24) is 9.97 Å². The van der Waals surface area contributed by atoms with Gasteiger partial charge in [0.15, 0.2) is 11.5 Å². The van der Waals surface area contributed by atoms with Crippen molar-refractivity contribution in [2.45, 2.75) is 33.3 Å². The van der Waals surface area contributed by atoms with Crippen molar-refractivity contribution >= 4 is 17.6 Å². The first-order chi connectivity index (χ1) is 12.4. The average molecular weight is 379 g/mol. The number of rotatable bonds is 5. The fourth-order valence-electron chi connectivity index (χ4n) is 2.76. The molecule has 2 aromatic rings. The van der Waals surface area contributed by atoms with Gasteiger partial charge in [-0.2, -0.15) is 0 Å². The van der Waals surface area contributed by atoms with E-state index in [1.807, 2.05) is 0 Å². The van der Waals surface area contributed by atoms with Crippen LogP contribution in [0.1, 0.15) is 29.1 Å². The number of benzene rings is 1. The molecule has 26 heavy (non-hydrogen) atoms. The molecular formula is C18H19ClN2O5. The van der Waals surface area contributed by atoms with Gasteiger partial charge in [-0.05, 0) is 38.0 Å². The maximum Gasteiger partial charge on any atom is 0.306 e. The third-order valence-corrected chi connectivity index (χ3v) is 4.26. The zero-order chi connectivity index (χ0) is 18.7. The quantitative estimate of drug-likeness (QED) is 0.804. The lowest BCUT2D eigenvalue weighted by Crippen LogP contribution is -2.19. The van der Waals surface area contributed by atoms with Crippen molar-refractivity contribution in [3.8, 4) is 11.5 Å². The number of ether oxygens (including phenoxy) is 3. The molecule has 0 bridgehead atoms. The molecule has 3 rings (SSSR count). The van der Waals surface area contributed by atoms with Gasteiger partial charge in [-0.3, -0.25) is 9.59 Å². The van der Waals surface area contributed by atoms with Crippen molar-refractivity contribution in [2.75, 3.05) is 13.2 Å². The molecule has 7 nitrogen and oxygen atoms in total. The highest BCUT2D eigenvalue weighted by Crippen LogP contribution is 2.38. The predicted octanol–water partition coefficient (Wildman–Crippen LogP) is 2.49. The van der Waals surface area contributed by atoms with Gasteiger partial charge >= 0.3 is 5.97 Å². The molecule has 1 N–H and O–H groups in total. The maximum atomic E-state index is 12.0. The Morgan fingerprint density at radius 1 is 1.31 bits per heavy atom. The number of aryl methyl sites for hydroxylation is 2. The van der Waals surface area contributed by atoms with E-state index in [1.54, 1.807) is 26.0 Å². The van der Waals surface area contributed by atoms with Crippen molar-refractivity contribution < 1.29 is 19.0 Å². The Balaban J connectivity index is 1.58. The largest absolute Gasteiger partial charge is 0.486 e. The second-order valence-corrected chi connectivity index (χ2v) is 6.39. The van der Waals surface area contributed by atoms with Gasteiger partial charge in [0, 0.05) is 17.7 Å². The van der Waals surface area contributed by atoms with Crippen LogP contribution in [0.5, 0.6) is 11.5 Å². The highest BCUT2D eigenvalue weighted by Gasteiger charge is 2.17. The van der Waals surface area contributed by atoms with Gasteiger partial charge in [0.05, 0.1) is 5.02 Å². The molecule has 0 fully saturated rings. The fourth-order valence-corrected chi connectivity index (χ4v) is 3.04. The Morgan fingerprint density at radius 2 is 2.08 bits per heavy atom. The molecule has 1 aromatic carbocycles. The van der Waals surface area contributed by atoms with Gasteiger partial charge in [0.1, 0.15) is 25.6 Å². The summed E-state index contributed by atoms with van der Waals surface area (Å²) in [6, 6.07) is 3.42. The van der Waals surface area contributed by atoms with E-state index in [4.69, 9.17) is 25.8 Å². The third-order valence-electron chi connectivity index (χ3n) is 3.98. The molecule has 1 aliphatic heterocycles. The summed E-state index contributed by atoms with van der Waals surface area (Å²) in [6.07, 6.45) is 0.363. The van der Waals surface area contributed by atoms with E-state index in [0.29, 0.717) is 52.4 Å². The summed E-state index contributed by atoms with van der Waals surface area (Å²) in [5.74, 6) is 1.20. The minimum atomic E-state index is -0.407. The Labute approximate surface area is 155 Å². The van der Waals surface area contributed by atoms with Crippen LogP contribution >= 0.6 is 11.6 Å². The monoisotopic (exact) mass is 378 g/mol. The van der Waals surface area contributed by atoms with E-state index in [0.717, 1.165) is 0 Å². The Hall–Kier alpha value is -2.54. The zero-order valence-corrected chi connectivity index (χ0v) is 15.3. The van der Waals surface area contributed by atoms with Gasteiger partial charge in [0.25, 0.3) is 5.56 Å². The average Bonchev–Trinajstić information content (AvgIpc) is 2.59. The van der Waals surface area contributed by atoms with Crippen LogP contribution in [0.3, 0.4) is 0 Å². The molecule has 0 amide bonds. The summed E-state index contributed by atoms with van der Waals surface area (Å²) in [5, 5.41) is 0.418. The van der Waals surface area contributed by atoms with E-state index < -0.39 is 5.97 Å². The molecule has 138 valence electrons. The molecule has 1 aliphatic rings. The van der Waals surface area contributed by atoms with Gasteiger partial charge < -0.3 is 19.2 Å². The minimum absolute atomic E-state index is 0.0662. The Bertz CT molecular complexity index is 894. The van der Waals surface area contributed by atoms with Crippen LogP contribution in [0.2, 0.25) is 5.02 Å². The Morgan fingerprint density at radius 3 is 2.85 bits per heavy atom. The predicted molar refractivity (Wildman–Crippen MR) is 94.9 cm³/mol. The second-order valence-electron chi connectivity index (χ2n) is 5.98. The number of carbonyl (C=O) groups is 1. The number of esters is 1. The summed E-state index contributed by atoms with van der Waals surface area (Å²) in [7, 11) is 0. The van der Waals surface area contributed by atoms with Crippen LogP contribution in [0.4, 0.5) is 0 Å². The van der Waals surface area contributed by atoms with Crippen molar-refractivity contribution in [3.05, 3.63) is 50.2 Å². The van der Waals surface area contributed by atoms with Crippen LogP contribution in [-0.2, 0) is 22.6 Å². The minimum Gasteiger partial charge on any atom is -0.486 e. The number of hydrogen-bond acceptors (Lipinski definition) is 6. The molecular weight excluding hydrogens is 360 g/mol. The van der Waals surface area contributed by atoms with E-state index in [-0.39, 0.29) is 25.0 Å². The standard InChI is InChI=1S/C18H19ClN2O5/c1-10-13(18(23)21-11(2)20-10)3-4-16(22)26-9-12-7-14(19)17-15(8-12)24-5-6-25-17/h7-8H,3-6,9H2,1-2H3,(H,20,21,23). The van der Waals surface area contributed by atoms with E-state index >= 15 is 0 Å². The first kappa shape index (κ1) is 18.3. The number of nitrogens with one attached hydrogen (secondary N) is 1. The van der Waals surface area contributed by atoms with Crippen LogP contribution < -0.4 is 15.0 Å². The second kappa shape index (κ2) is 7.78. The van der Waals surface area contributed by atoms with Crippen LogP contribution in [0.25, 0.3) is 0 Å². The van der Waals surface area contributed by atoms with Gasteiger partial charge in [-0.25, -0.2) is 4.98 Å². The van der Waals surface area contributed by atoms with Crippen LogP contribution in [0, 0.1) is 13.8 Å². The summed E-state index contributed by atoms with van der Waals surface area (Å²) < 4.78 is 16.2. The topological polar surface area (TPSA) is 90.5 Å². The summed E-state index contributed by atoms with van der Waals surface area (Å²) >= 11 is 6.16. The molecule has 0 spiro atoms. The summed E-state index contributed by atoms with van der Waals surface area (Å²) in [4.78, 5) is 30.8. The van der Waals surface area contributed by atoms with Crippen molar-refractivity contribution in [1.29, 1.82) is 0 Å². The number of aromatic amines is 1. The van der Waals surface area contributed by atoms with E-state index in [9.17, 15) is 9.59 Å². The van der Waals surface area contributed by atoms with Gasteiger partial charge in [-0.1, -0.05) is 11.6 Å². The smallest absolute Gasteiger partial charge is 0.306 e. The fraction of sp³-hybridized carbons (Fsp3) is 0.389. The molecule has 0 aliphatic carbocycles. The van der Waals surface area contributed by atoms with E-state index in [2.05, 4.69) is 9.97 Å². The lowest BCUT2D eigenvalue weighted by atomic mass is 10.1. The first-order valence-electron chi connectivity index (χ1n) is 8.24. The number of halogens is 1. The molecule has 0 unspecified atom stereocenters. The summed E-state index contributed by atoms with van der Waals surface area (Å²) in [5.41, 5.74) is 1.60. The number of hydrogen-bond donors (Lipinski definition) is 1. The van der Waals surface area contributed by atoms with Crippen molar-refractivity contribution in [3.63, 3.8) is 0 Å². The number of carbonyl (C=O) groups excluding carboxylic acids is 1. The summed E-state index contributed by atoms with van der Waals surface area (Å²) in [6.45, 7) is 4.43. The van der Waals surface area contributed by atoms with Gasteiger partial charge in [-0.15, -0.1) is 0 Å². The highest BCUT2D eigenvalue weighted by atomic mass is 35.5.